The lowest BCUT2D eigenvalue weighted by atomic mass is 10.2. The molecule has 166 valence electrons. The van der Waals surface area contributed by atoms with Crippen molar-refractivity contribution in [2.24, 2.45) is 5.92 Å². The van der Waals surface area contributed by atoms with E-state index in [4.69, 9.17) is 11.6 Å². The summed E-state index contributed by atoms with van der Waals surface area (Å²) in [5.74, 6) is 1.18. The van der Waals surface area contributed by atoms with E-state index in [-0.39, 0.29) is 28.8 Å². The maximum Gasteiger partial charge on any atom is 0.242 e. The normalized spacial score (nSPS) is 11.8. The predicted octanol–water partition coefficient (Wildman–Crippen LogP) is 2.73. The van der Waals surface area contributed by atoms with Crippen LogP contribution in [-0.2, 0) is 27.8 Å². The lowest BCUT2D eigenvalue weighted by molar-refractivity contribution is -0.120. The summed E-state index contributed by atoms with van der Waals surface area (Å²) in [6.07, 6.45) is 3.45. The minimum atomic E-state index is -3.74. The molecule has 0 aliphatic rings. The van der Waals surface area contributed by atoms with E-state index >= 15 is 0 Å². The molecule has 0 atom stereocenters. The first-order chi connectivity index (χ1) is 14.2. The summed E-state index contributed by atoms with van der Waals surface area (Å²) in [7, 11) is -3.74. The van der Waals surface area contributed by atoms with Crippen molar-refractivity contribution in [1.82, 2.24) is 24.8 Å². The van der Waals surface area contributed by atoms with Gasteiger partial charge in [-0.1, -0.05) is 49.3 Å². The van der Waals surface area contributed by atoms with Crippen LogP contribution in [0, 0.1) is 5.92 Å². The predicted molar refractivity (Wildman–Crippen MR) is 119 cm³/mol. The van der Waals surface area contributed by atoms with E-state index in [0.717, 1.165) is 23.9 Å². The highest BCUT2D eigenvalue weighted by atomic mass is 35.5. The average Bonchev–Trinajstić information content (AvgIpc) is 3.06. The van der Waals surface area contributed by atoms with Gasteiger partial charge in [-0.2, -0.15) is 0 Å². The van der Waals surface area contributed by atoms with Gasteiger partial charge in [0, 0.05) is 32.5 Å². The van der Waals surface area contributed by atoms with Crippen LogP contribution in [0.2, 0.25) is 5.02 Å². The van der Waals surface area contributed by atoms with Crippen LogP contribution in [0.4, 0.5) is 0 Å². The van der Waals surface area contributed by atoms with Crippen LogP contribution in [0.15, 0.2) is 34.3 Å². The summed E-state index contributed by atoms with van der Waals surface area (Å²) in [5.41, 5.74) is 0. The second-order valence-corrected chi connectivity index (χ2v) is 10.1. The first-order valence-electron chi connectivity index (χ1n) is 9.71. The molecule has 1 heterocycles. The summed E-state index contributed by atoms with van der Waals surface area (Å²) in [5, 5.41) is 12.3. The standard InChI is InChI=1S/C19H28ClN5O3S2/c1-14(2)13-25-17(23-24-19(25)29-3)9-6-11-21-18(26)10-12-22-30(27,28)16-8-5-4-7-15(16)20/h4-5,7-8,14,22H,6,9-13H2,1-3H3,(H,21,26). The topological polar surface area (TPSA) is 106 Å². The molecule has 0 spiro atoms. The van der Waals surface area contributed by atoms with Crippen molar-refractivity contribution in [3.05, 3.63) is 35.1 Å². The molecular formula is C19H28ClN5O3S2. The third kappa shape index (κ3) is 7.26. The summed E-state index contributed by atoms with van der Waals surface area (Å²) >= 11 is 7.49. The summed E-state index contributed by atoms with van der Waals surface area (Å²) in [6, 6.07) is 6.18. The highest BCUT2D eigenvalue weighted by molar-refractivity contribution is 7.98. The number of aromatic nitrogens is 3. The summed E-state index contributed by atoms with van der Waals surface area (Å²) in [4.78, 5) is 12.0. The molecule has 0 aliphatic heterocycles. The summed E-state index contributed by atoms with van der Waals surface area (Å²) in [6.45, 7) is 5.64. The molecule has 1 amide bonds. The molecule has 0 unspecified atom stereocenters. The maximum absolute atomic E-state index is 12.2. The number of carbonyl (C=O) groups is 1. The van der Waals surface area contributed by atoms with E-state index in [0.29, 0.717) is 18.9 Å². The van der Waals surface area contributed by atoms with Gasteiger partial charge in [0.05, 0.1) is 5.02 Å². The van der Waals surface area contributed by atoms with Crippen molar-refractivity contribution < 1.29 is 13.2 Å². The number of thioether (sulfide) groups is 1. The molecule has 0 saturated carbocycles. The monoisotopic (exact) mass is 473 g/mol. The van der Waals surface area contributed by atoms with Crippen LogP contribution < -0.4 is 10.0 Å². The molecule has 11 heteroatoms. The van der Waals surface area contributed by atoms with Gasteiger partial charge in [-0.05, 0) is 30.7 Å². The molecule has 1 aromatic carbocycles. The Balaban J connectivity index is 1.73. The fraction of sp³-hybridized carbons (Fsp3) is 0.526. The third-order valence-corrected chi connectivity index (χ3v) is 6.82. The van der Waals surface area contributed by atoms with Gasteiger partial charge in [-0.25, -0.2) is 13.1 Å². The fourth-order valence-corrected chi connectivity index (χ4v) is 4.88. The van der Waals surface area contributed by atoms with E-state index in [9.17, 15) is 13.2 Å². The number of nitrogens with zero attached hydrogens (tertiary/aromatic N) is 3. The third-order valence-electron chi connectivity index (χ3n) is 4.19. The Bertz CT molecular complexity index is 947. The Morgan fingerprint density at radius 3 is 2.63 bits per heavy atom. The molecular weight excluding hydrogens is 446 g/mol. The quantitative estimate of drug-likeness (QED) is 0.362. The molecule has 1 aromatic heterocycles. The molecule has 0 saturated heterocycles. The second kappa shape index (κ2) is 11.7. The number of amides is 1. The molecule has 30 heavy (non-hydrogen) atoms. The Kier molecular flexibility index (Phi) is 9.60. The molecule has 0 bridgehead atoms. The van der Waals surface area contributed by atoms with Crippen molar-refractivity contribution in [3.8, 4) is 0 Å². The molecule has 0 radical (unpaired) electrons. The number of aryl methyl sites for hydroxylation is 1. The van der Waals surface area contributed by atoms with Crippen molar-refractivity contribution >= 4 is 39.3 Å². The lowest BCUT2D eigenvalue weighted by Gasteiger charge is -2.12. The fourth-order valence-electron chi connectivity index (χ4n) is 2.81. The molecule has 2 N–H and O–H groups in total. The van der Waals surface area contributed by atoms with E-state index in [1.54, 1.807) is 23.9 Å². The van der Waals surface area contributed by atoms with Gasteiger partial charge in [0.2, 0.25) is 15.9 Å². The Morgan fingerprint density at radius 2 is 1.97 bits per heavy atom. The van der Waals surface area contributed by atoms with Crippen molar-refractivity contribution in [2.45, 2.75) is 49.7 Å². The zero-order valence-corrected chi connectivity index (χ0v) is 19.8. The first-order valence-corrected chi connectivity index (χ1v) is 12.8. The zero-order chi connectivity index (χ0) is 22.1. The minimum Gasteiger partial charge on any atom is -0.356 e. The van der Waals surface area contributed by atoms with Crippen LogP contribution in [0.5, 0.6) is 0 Å². The van der Waals surface area contributed by atoms with Crippen LogP contribution >= 0.6 is 23.4 Å². The molecule has 0 fully saturated rings. The van der Waals surface area contributed by atoms with Gasteiger partial charge >= 0.3 is 0 Å². The van der Waals surface area contributed by atoms with Gasteiger partial charge in [-0.15, -0.1) is 10.2 Å². The number of nitrogens with one attached hydrogen (secondary N) is 2. The van der Waals surface area contributed by atoms with E-state index < -0.39 is 10.0 Å². The number of halogens is 1. The van der Waals surface area contributed by atoms with E-state index in [1.165, 1.54) is 12.1 Å². The average molecular weight is 474 g/mol. The smallest absolute Gasteiger partial charge is 0.242 e. The number of rotatable bonds is 12. The van der Waals surface area contributed by atoms with Crippen molar-refractivity contribution in [2.75, 3.05) is 19.3 Å². The minimum absolute atomic E-state index is 0.000806. The SMILES string of the molecule is CSc1nnc(CCCNC(=O)CCNS(=O)(=O)c2ccccc2Cl)n1CC(C)C. The number of sulfonamides is 1. The van der Waals surface area contributed by atoms with E-state index in [2.05, 4.69) is 38.7 Å². The Hall–Kier alpha value is -1.62. The highest BCUT2D eigenvalue weighted by Gasteiger charge is 2.17. The Morgan fingerprint density at radius 1 is 1.23 bits per heavy atom. The summed E-state index contributed by atoms with van der Waals surface area (Å²) < 4.78 is 29.0. The highest BCUT2D eigenvalue weighted by Crippen LogP contribution is 2.20. The number of benzene rings is 1. The van der Waals surface area contributed by atoms with Crippen LogP contribution in [0.3, 0.4) is 0 Å². The van der Waals surface area contributed by atoms with Crippen LogP contribution in [0.1, 0.15) is 32.5 Å². The lowest BCUT2D eigenvalue weighted by Crippen LogP contribution is -2.31. The molecule has 8 nitrogen and oxygen atoms in total. The van der Waals surface area contributed by atoms with Gasteiger partial charge in [0.1, 0.15) is 10.7 Å². The van der Waals surface area contributed by atoms with Crippen LogP contribution in [0.25, 0.3) is 0 Å². The van der Waals surface area contributed by atoms with Crippen LogP contribution in [-0.4, -0.2) is 48.4 Å². The molecule has 2 rings (SSSR count). The van der Waals surface area contributed by atoms with E-state index in [1.807, 2.05) is 6.26 Å². The largest absolute Gasteiger partial charge is 0.356 e. The van der Waals surface area contributed by atoms with Gasteiger partial charge in [0.15, 0.2) is 5.16 Å². The second-order valence-electron chi connectivity index (χ2n) is 7.14. The molecule has 2 aromatic rings. The number of hydrogen-bond donors (Lipinski definition) is 2. The number of hydrogen-bond acceptors (Lipinski definition) is 6. The van der Waals surface area contributed by atoms with Crippen molar-refractivity contribution in [1.29, 1.82) is 0 Å². The maximum atomic E-state index is 12.2. The van der Waals surface area contributed by atoms with Gasteiger partial charge in [0.25, 0.3) is 0 Å². The van der Waals surface area contributed by atoms with Gasteiger partial charge in [-0.3, -0.25) is 4.79 Å². The first kappa shape index (κ1) is 24.6. The number of carbonyl (C=O) groups excluding carboxylic acids is 1. The molecule has 0 aliphatic carbocycles. The van der Waals surface area contributed by atoms with Gasteiger partial charge < -0.3 is 9.88 Å². The Labute approximate surface area is 187 Å². The zero-order valence-electron chi connectivity index (χ0n) is 17.4. The van der Waals surface area contributed by atoms with Crippen molar-refractivity contribution in [3.63, 3.8) is 0 Å².